The SMILES string of the molecule is CCc1cc(CBr)ccc1CC(=O)CBr. The van der Waals surface area contributed by atoms with Crippen molar-refractivity contribution in [1.29, 1.82) is 0 Å². The molecular weight excluding hydrogens is 320 g/mol. The number of Topliss-reactive ketones (excluding diaryl/α,β-unsaturated/α-hetero) is 1. The summed E-state index contributed by atoms with van der Waals surface area (Å²) in [7, 11) is 0. The fourth-order valence-corrected chi connectivity index (χ4v) is 2.07. The Morgan fingerprint density at radius 3 is 2.53 bits per heavy atom. The molecule has 1 nitrogen and oxygen atoms in total. The number of carbonyl (C=O) groups excluding carboxylic acids is 1. The van der Waals surface area contributed by atoms with Gasteiger partial charge in [0.05, 0.1) is 5.33 Å². The van der Waals surface area contributed by atoms with E-state index in [1.807, 2.05) is 0 Å². The van der Waals surface area contributed by atoms with Gasteiger partial charge in [-0.3, -0.25) is 4.79 Å². The molecule has 1 rings (SSSR count). The van der Waals surface area contributed by atoms with Gasteiger partial charge in [-0.05, 0) is 23.1 Å². The van der Waals surface area contributed by atoms with Crippen molar-refractivity contribution in [1.82, 2.24) is 0 Å². The molecule has 0 fully saturated rings. The van der Waals surface area contributed by atoms with Gasteiger partial charge in [-0.15, -0.1) is 0 Å². The summed E-state index contributed by atoms with van der Waals surface area (Å²) < 4.78 is 0. The van der Waals surface area contributed by atoms with Crippen LogP contribution in [0.25, 0.3) is 0 Å². The molecule has 0 heterocycles. The Hall–Kier alpha value is -0.150. The van der Waals surface area contributed by atoms with Gasteiger partial charge in [0.15, 0.2) is 0 Å². The fraction of sp³-hybridized carbons (Fsp3) is 0.417. The Labute approximate surface area is 108 Å². The van der Waals surface area contributed by atoms with Crippen LogP contribution in [-0.2, 0) is 23.0 Å². The smallest absolute Gasteiger partial charge is 0.147 e. The Morgan fingerprint density at radius 1 is 1.27 bits per heavy atom. The molecule has 0 amide bonds. The van der Waals surface area contributed by atoms with Crippen LogP contribution in [-0.4, -0.2) is 11.1 Å². The van der Waals surface area contributed by atoms with Crippen molar-refractivity contribution >= 4 is 37.6 Å². The molecule has 3 heteroatoms. The highest BCUT2D eigenvalue weighted by Crippen LogP contribution is 2.16. The molecule has 0 spiro atoms. The number of halogens is 2. The molecule has 1 aromatic carbocycles. The van der Waals surface area contributed by atoms with E-state index < -0.39 is 0 Å². The third kappa shape index (κ3) is 3.72. The average Bonchev–Trinajstić information content (AvgIpc) is 2.29. The van der Waals surface area contributed by atoms with Gasteiger partial charge in [0, 0.05) is 11.8 Å². The second kappa shape index (κ2) is 6.44. The van der Waals surface area contributed by atoms with E-state index in [1.54, 1.807) is 0 Å². The molecule has 0 saturated heterocycles. The summed E-state index contributed by atoms with van der Waals surface area (Å²) in [5.74, 6) is 0.233. The van der Waals surface area contributed by atoms with Crippen LogP contribution in [0.2, 0.25) is 0 Å². The predicted molar refractivity (Wildman–Crippen MR) is 71.0 cm³/mol. The molecule has 0 aromatic heterocycles. The third-order valence-electron chi connectivity index (χ3n) is 2.34. The minimum atomic E-state index is 0.233. The number of aryl methyl sites for hydroxylation is 1. The first-order valence-corrected chi connectivity index (χ1v) is 7.19. The molecule has 0 saturated carbocycles. The van der Waals surface area contributed by atoms with Crippen molar-refractivity contribution < 1.29 is 4.79 Å². The van der Waals surface area contributed by atoms with Crippen LogP contribution in [0.5, 0.6) is 0 Å². The number of hydrogen-bond donors (Lipinski definition) is 0. The van der Waals surface area contributed by atoms with Crippen molar-refractivity contribution in [3.05, 3.63) is 34.9 Å². The maximum Gasteiger partial charge on any atom is 0.147 e. The molecule has 0 N–H and O–H groups in total. The van der Waals surface area contributed by atoms with Gasteiger partial charge >= 0.3 is 0 Å². The lowest BCUT2D eigenvalue weighted by Crippen LogP contribution is -2.06. The van der Waals surface area contributed by atoms with Crippen LogP contribution in [0.1, 0.15) is 23.6 Å². The molecule has 0 aliphatic carbocycles. The van der Waals surface area contributed by atoms with Crippen molar-refractivity contribution in [3.8, 4) is 0 Å². The van der Waals surface area contributed by atoms with E-state index in [-0.39, 0.29) is 5.78 Å². The molecule has 1 aromatic rings. The summed E-state index contributed by atoms with van der Waals surface area (Å²) in [6.45, 7) is 2.12. The second-order valence-electron chi connectivity index (χ2n) is 3.44. The van der Waals surface area contributed by atoms with Gasteiger partial charge in [0.2, 0.25) is 0 Å². The zero-order valence-corrected chi connectivity index (χ0v) is 11.9. The van der Waals surface area contributed by atoms with Crippen LogP contribution in [0.4, 0.5) is 0 Å². The average molecular weight is 334 g/mol. The minimum absolute atomic E-state index is 0.233. The summed E-state index contributed by atoms with van der Waals surface area (Å²) in [6, 6.07) is 6.31. The topological polar surface area (TPSA) is 17.1 Å². The number of rotatable bonds is 5. The van der Waals surface area contributed by atoms with Gasteiger partial charge < -0.3 is 0 Å². The summed E-state index contributed by atoms with van der Waals surface area (Å²) in [5, 5.41) is 1.31. The zero-order valence-electron chi connectivity index (χ0n) is 8.72. The van der Waals surface area contributed by atoms with Crippen molar-refractivity contribution in [2.45, 2.75) is 25.1 Å². The molecule has 0 aliphatic heterocycles. The van der Waals surface area contributed by atoms with Crippen LogP contribution >= 0.6 is 31.9 Å². The highest BCUT2D eigenvalue weighted by Gasteiger charge is 2.06. The van der Waals surface area contributed by atoms with Crippen molar-refractivity contribution in [3.63, 3.8) is 0 Å². The minimum Gasteiger partial charge on any atom is -0.298 e. The molecule has 82 valence electrons. The van der Waals surface area contributed by atoms with Crippen LogP contribution in [0, 0.1) is 0 Å². The Morgan fingerprint density at radius 2 is 2.00 bits per heavy atom. The van der Waals surface area contributed by atoms with Crippen LogP contribution in [0.15, 0.2) is 18.2 Å². The Bertz CT molecular complexity index is 347. The zero-order chi connectivity index (χ0) is 11.3. The van der Waals surface area contributed by atoms with E-state index >= 15 is 0 Å². The molecule has 0 unspecified atom stereocenters. The van der Waals surface area contributed by atoms with Gasteiger partial charge in [0.25, 0.3) is 0 Å². The number of ketones is 1. The molecule has 0 radical (unpaired) electrons. The van der Waals surface area contributed by atoms with E-state index in [0.29, 0.717) is 11.8 Å². The second-order valence-corrected chi connectivity index (χ2v) is 4.56. The highest BCUT2D eigenvalue weighted by molar-refractivity contribution is 9.09. The predicted octanol–water partition coefficient (Wildman–Crippen LogP) is 3.65. The summed E-state index contributed by atoms with van der Waals surface area (Å²) in [4.78, 5) is 11.3. The fourth-order valence-electron chi connectivity index (χ4n) is 1.52. The number of benzene rings is 1. The van der Waals surface area contributed by atoms with Crippen molar-refractivity contribution in [2.75, 3.05) is 5.33 Å². The standard InChI is InChI=1S/C12H14Br2O/c1-2-10-5-9(7-13)3-4-11(10)6-12(15)8-14/h3-5H,2,6-8H2,1H3. The first-order chi connectivity index (χ1) is 7.21. The van der Waals surface area contributed by atoms with E-state index in [0.717, 1.165) is 17.3 Å². The molecule has 0 aliphatic rings. The number of hydrogen-bond acceptors (Lipinski definition) is 1. The largest absolute Gasteiger partial charge is 0.298 e. The van der Waals surface area contributed by atoms with Gasteiger partial charge in [0.1, 0.15) is 5.78 Å². The van der Waals surface area contributed by atoms with Gasteiger partial charge in [-0.2, -0.15) is 0 Å². The van der Waals surface area contributed by atoms with E-state index in [1.165, 1.54) is 11.1 Å². The summed E-state index contributed by atoms with van der Waals surface area (Å²) in [5.41, 5.74) is 3.70. The normalized spacial score (nSPS) is 10.3. The van der Waals surface area contributed by atoms with E-state index in [2.05, 4.69) is 57.0 Å². The lowest BCUT2D eigenvalue weighted by atomic mass is 9.99. The van der Waals surface area contributed by atoms with E-state index in [4.69, 9.17) is 0 Å². The van der Waals surface area contributed by atoms with Crippen molar-refractivity contribution in [2.24, 2.45) is 0 Å². The van der Waals surface area contributed by atoms with Gasteiger partial charge in [-0.25, -0.2) is 0 Å². The van der Waals surface area contributed by atoms with Crippen LogP contribution < -0.4 is 0 Å². The van der Waals surface area contributed by atoms with Gasteiger partial charge in [-0.1, -0.05) is 57.0 Å². The molecule has 15 heavy (non-hydrogen) atoms. The lowest BCUT2D eigenvalue weighted by molar-refractivity contribution is -0.115. The number of alkyl halides is 2. The monoisotopic (exact) mass is 332 g/mol. The molecule has 0 atom stereocenters. The lowest BCUT2D eigenvalue weighted by Gasteiger charge is -2.08. The first kappa shape index (κ1) is 12.9. The first-order valence-electron chi connectivity index (χ1n) is 4.95. The highest BCUT2D eigenvalue weighted by atomic mass is 79.9. The van der Waals surface area contributed by atoms with Crippen LogP contribution in [0.3, 0.4) is 0 Å². The quantitative estimate of drug-likeness (QED) is 0.752. The maximum absolute atomic E-state index is 11.3. The molecular formula is C12H14Br2O. The molecule has 0 bridgehead atoms. The Balaban J connectivity index is 2.92. The Kier molecular flexibility index (Phi) is 5.54. The van der Waals surface area contributed by atoms with E-state index in [9.17, 15) is 4.79 Å². The third-order valence-corrected chi connectivity index (χ3v) is 3.62. The maximum atomic E-state index is 11.3. The summed E-state index contributed by atoms with van der Waals surface area (Å²) in [6.07, 6.45) is 1.52. The number of carbonyl (C=O) groups is 1. The summed E-state index contributed by atoms with van der Waals surface area (Å²) >= 11 is 6.63.